The lowest BCUT2D eigenvalue weighted by molar-refractivity contribution is 0.0731. The predicted molar refractivity (Wildman–Crippen MR) is 86.9 cm³/mol. The van der Waals surface area contributed by atoms with E-state index in [-0.39, 0.29) is 0 Å². The van der Waals surface area contributed by atoms with Crippen molar-refractivity contribution < 1.29 is 14.3 Å². The molecule has 0 bridgehead atoms. The zero-order valence-electron chi connectivity index (χ0n) is 11.9. The minimum Gasteiger partial charge on any atom is -0.496 e. The van der Waals surface area contributed by atoms with Gasteiger partial charge in [-0.05, 0) is 47.2 Å². The molecule has 0 unspecified atom stereocenters. The molecule has 0 aromatic heterocycles. The number of carbonyl (C=O) groups is 1. The molecule has 3 aromatic carbocycles. The molecule has 4 heteroatoms. The van der Waals surface area contributed by atoms with Gasteiger partial charge in [0.25, 0.3) is 0 Å². The second kappa shape index (κ2) is 6.08. The molecule has 0 saturated heterocycles. The van der Waals surface area contributed by atoms with Gasteiger partial charge in [0.05, 0.1) is 7.11 Å². The van der Waals surface area contributed by atoms with Gasteiger partial charge in [-0.2, -0.15) is 0 Å². The van der Waals surface area contributed by atoms with E-state index >= 15 is 0 Å². The van der Waals surface area contributed by atoms with Crippen LogP contribution in [0.2, 0.25) is 5.02 Å². The Kier molecular flexibility index (Phi) is 3.98. The number of rotatable bonds is 3. The molecule has 0 heterocycles. The first-order chi connectivity index (χ1) is 10.7. The van der Waals surface area contributed by atoms with Crippen LogP contribution in [-0.2, 0) is 0 Å². The molecule has 0 fully saturated rings. The molecule has 0 aliphatic carbocycles. The van der Waals surface area contributed by atoms with Gasteiger partial charge in [0.1, 0.15) is 17.1 Å². The summed E-state index contributed by atoms with van der Waals surface area (Å²) in [6.45, 7) is 0. The summed E-state index contributed by atoms with van der Waals surface area (Å²) in [5, 5.41) is 2.54. The van der Waals surface area contributed by atoms with Crippen LogP contribution in [0.15, 0.2) is 60.7 Å². The van der Waals surface area contributed by atoms with E-state index in [4.69, 9.17) is 21.1 Å². The number of ether oxygens (including phenoxy) is 2. The monoisotopic (exact) mass is 312 g/mol. The molecule has 0 radical (unpaired) electrons. The van der Waals surface area contributed by atoms with Crippen molar-refractivity contribution in [1.29, 1.82) is 0 Å². The molecule has 0 amide bonds. The Hall–Kier alpha value is -2.52. The van der Waals surface area contributed by atoms with Crippen molar-refractivity contribution in [2.75, 3.05) is 7.11 Å². The summed E-state index contributed by atoms with van der Waals surface area (Å²) >= 11 is 5.82. The van der Waals surface area contributed by atoms with E-state index in [9.17, 15) is 4.79 Å². The molecule has 22 heavy (non-hydrogen) atoms. The fraction of sp³-hybridized carbons (Fsp3) is 0.0556. The maximum Gasteiger partial charge on any atom is 0.347 e. The third-order valence-electron chi connectivity index (χ3n) is 3.31. The Balaban J connectivity index is 1.97. The Bertz CT molecular complexity index is 825. The summed E-state index contributed by atoms with van der Waals surface area (Å²) in [6, 6.07) is 18.0. The highest BCUT2D eigenvalue weighted by Gasteiger charge is 2.16. The Labute approximate surface area is 133 Å². The van der Waals surface area contributed by atoms with Gasteiger partial charge in [-0.15, -0.1) is 0 Å². The lowest BCUT2D eigenvalue weighted by Crippen LogP contribution is -2.10. The zero-order valence-corrected chi connectivity index (χ0v) is 12.6. The predicted octanol–water partition coefficient (Wildman–Crippen LogP) is 4.72. The highest BCUT2D eigenvalue weighted by molar-refractivity contribution is 6.30. The van der Waals surface area contributed by atoms with Crippen LogP contribution in [0, 0.1) is 0 Å². The van der Waals surface area contributed by atoms with Crippen molar-refractivity contribution in [1.82, 2.24) is 0 Å². The van der Waals surface area contributed by atoms with Gasteiger partial charge < -0.3 is 9.47 Å². The number of esters is 1. The van der Waals surface area contributed by atoms with Crippen LogP contribution < -0.4 is 9.47 Å². The van der Waals surface area contributed by atoms with Gasteiger partial charge in [-0.3, -0.25) is 0 Å². The van der Waals surface area contributed by atoms with Crippen molar-refractivity contribution in [3.05, 3.63) is 71.2 Å². The minimum atomic E-state index is -0.468. The minimum absolute atomic E-state index is 0.385. The summed E-state index contributed by atoms with van der Waals surface area (Å²) in [4.78, 5) is 12.4. The Morgan fingerprint density at radius 2 is 1.59 bits per heavy atom. The molecule has 0 N–H and O–H groups in total. The van der Waals surface area contributed by atoms with Crippen molar-refractivity contribution in [2.24, 2.45) is 0 Å². The van der Waals surface area contributed by atoms with E-state index < -0.39 is 5.97 Å². The number of benzene rings is 3. The van der Waals surface area contributed by atoms with Crippen LogP contribution in [-0.4, -0.2) is 13.1 Å². The van der Waals surface area contributed by atoms with Gasteiger partial charge >= 0.3 is 5.97 Å². The van der Waals surface area contributed by atoms with E-state index in [1.165, 1.54) is 7.11 Å². The lowest BCUT2D eigenvalue weighted by atomic mass is 10.1. The van der Waals surface area contributed by atoms with E-state index in [2.05, 4.69) is 0 Å². The average molecular weight is 313 g/mol. The van der Waals surface area contributed by atoms with Gasteiger partial charge in [0.2, 0.25) is 0 Å². The van der Waals surface area contributed by atoms with E-state index in [1.807, 2.05) is 30.3 Å². The topological polar surface area (TPSA) is 35.5 Å². The standard InChI is InChI=1S/C18H13ClO3/c1-21-17-11-13-5-3-2-4-12(13)10-16(17)18(20)22-15-8-6-14(19)7-9-15/h2-11H,1H3. The van der Waals surface area contributed by atoms with E-state index in [1.54, 1.807) is 30.3 Å². The summed E-state index contributed by atoms with van der Waals surface area (Å²) in [7, 11) is 1.53. The van der Waals surface area contributed by atoms with Crippen molar-refractivity contribution in [3.63, 3.8) is 0 Å². The van der Waals surface area contributed by atoms with Crippen molar-refractivity contribution in [3.8, 4) is 11.5 Å². The van der Waals surface area contributed by atoms with Crippen LogP contribution in [0.1, 0.15) is 10.4 Å². The second-order valence-corrected chi connectivity index (χ2v) is 5.18. The number of carbonyl (C=O) groups excluding carboxylic acids is 1. The molecule has 3 nitrogen and oxygen atoms in total. The first-order valence-electron chi connectivity index (χ1n) is 6.72. The molecular formula is C18H13ClO3. The Morgan fingerprint density at radius 3 is 2.23 bits per heavy atom. The summed E-state index contributed by atoms with van der Waals surface area (Å²) < 4.78 is 10.7. The molecule has 3 rings (SSSR count). The fourth-order valence-corrected chi connectivity index (χ4v) is 2.34. The average Bonchev–Trinajstić information content (AvgIpc) is 2.55. The molecule has 0 aliphatic heterocycles. The van der Waals surface area contributed by atoms with Crippen LogP contribution in [0.3, 0.4) is 0 Å². The van der Waals surface area contributed by atoms with Gasteiger partial charge in [-0.25, -0.2) is 4.79 Å². The molecule has 3 aromatic rings. The lowest BCUT2D eigenvalue weighted by Gasteiger charge is -2.10. The Morgan fingerprint density at radius 1 is 0.955 bits per heavy atom. The van der Waals surface area contributed by atoms with Crippen molar-refractivity contribution in [2.45, 2.75) is 0 Å². The van der Waals surface area contributed by atoms with Crippen LogP contribution in [0.25, 0.3) is 10.8 Å². The molecule has 0 spiro atoms. The number of halogens is 1. The molecule has 0 atom stereocenters. The summed E-state index contributed by atoms with van der Waals surface area (Å²) in [5.74, 6) is 0.451. The number of hydrogen-bond donors (Lipinski definition) is 0. The van der Waals surface area contributed by atoms with Gasteiger partial charge in [-0.1, -0.05) is 35.9 Å². The summed E-state index contributed by atoms with van der Waals surface area (Å²) in [6.07, 6.45) is 0. The van der Waals surface area contributed by atoms with E-state index in [0.717, 1.165) is 10.8 Å². The van der Waals surface area contributed by atoms with Crippen LogP contribution >= 0.6 is 11.6 Å². The molecule has 0 saturated carbocycles. The molecule has 0 aliphatic rings. The zero-order chi connectivity index (χ0) is 15.5. The second-order valence-electron chi connectivity index (χ2n) is 4.74. The number of hydrogen-bond acceptors (Lipinski definition) is 3. The van der Waals surface area contributed by atoms with E-state index in [0.29, 0.717) is 22.1 Å². The summed E-state index contributed by atoms with van der Waals surface area (Å²) in [5.41, 5.74) is 0.385. The van der Waals surface area contributed by atoms with Gasteiger partial charge in [0, 0.05) is 5.02 Å². The first-order valence-corrected chi connectivity index (χ1v) is 7.10. The fourth-order valence-electron chi connectivity index (χ4n) is 2.21. The van der Waals surface area contributed by atoms with Crippen LogP contribution in [0.5, 0.6) is 11.5 Å². The van der Waals surface area contributed by atoms with Crippen molar-refractivity contribution >= 4 is 28.3 Å². The van der Waals surface area contributed by atoms with Crippen LogP contribution in [0.4, 0.5) is 0 Å². The highest BCUT2D eigenvalue weighted by atomic mass is 35.5. The quantitative estimate of drug-likeness (QED) is 0.518. The molecular weight excluding hydrogens is 300 g/mol. The number of fused-ring (bicyclic) bond motifs is 1. The van der Waals surface area contributed by atoms with Gasteiger partial charge in [0.15, 0.2) is 0 Å². The third-order valence-corrected chi connectivity index (χ3v) is 3.56. The third kappa shape index (κ3) is 2.90. The maximum absolute atomic E-state index is 12.4. The smallest absolute Gasteiger partial charge is 0.347 e. The highest BCUT2D eigenvalue weighted by Crippen LogP contribution is 2.27. The SMILES string of the molecule is COc1cc2ccccc2cc1C(=O)Oc1ccc(Cl)cc1. The first kappa shape index (κ1) is 14.4. The largest absolute Gasteiger partial charge is 0.496 e. The number of methoxy groups -OCH3 is 1. The molecule has 110 valence electrons. The maximum atomic E-state index is 12.4. The normalized spacial score (nSPS) is 10.5.